The van der Waals surface area contributed by atoms with E-state index in [9.17, 15) is 0 Å². The van der Waals surface area contributed by atoms with Gasteiger partial charge in [0.2, 0.25) is 0 Å². The Morgan fingerprint density at radius 3 is 2.40 bits per heavy atom. The number of hydrogen-bond donors (Lipinski definition) is 0. The van der Waals surface area contributed by atoms with Gasteiger partial charge >= 0.3 is 0 Å². The van der Waals surface area contributed by atoms with E-state index in [1.165, 1.54) is 70.6 Å². The van der Waals surface area contributed by atoms with Gasteiger partial charge in [-0.15, -0.1) is 0 Å². The summed E-state index contributed by atoms with van der Waals surface area (Å²) in [6.07, 6.45) is 20.6. The highest BCUT2D eigenvalue weighted by molar-refractivity contribution is 4.89. The van der Waals surface area contributed by atoms with Gasteiger partial charge in [0.1, 0.15) is 0 Å². The summed E-state index contributed by atoms with van der Waals surface area (Å²) in [5, 5.41) is 0. The van der Waals surface area contributed by atoms with Gasteiger partial charge in [0.15, 0.2) is 0 Å². The van der Waals surface area contributed by atoms with Crippen molar-refractivity contribution in [2.75, 3.05) is 0 Å². The fraction of sp³-hybridized carbons (Fsp3) is 0.867. The molecule has 0 nitrogen and oxygen atoms in total. The standard InChI is InChI=1S/C15H28/c1-2-3-4-5-6-7-9-12-15-13-10-8-11-14-15/h9,12,15H,2-8,10-11,13-14H2,1H3/b12-9-. The summed E-state index contributed by atoms with van der Waals surface area (Å²) < 4.78 is 0. The minimum Gasteiger partial charge on any atom is -0.0883 e. The smallest absolute Gasteiger partial charge is 0.0234 e. The zero-order valence-corrected chi connectivity index (χ0v) is 10.5. The largest absolute Gasteiger partial charge is 0.0883 e. The van der Waals surface area contributed by atoms with Crippen LogP contribution in [0.2, 0.25) is 0 Å². The Morgan fingerprint density at radius 2 is 1.67 bits per heavy atom. The molecule has 1 fully saturated rings. The average molecular weight is 208 g/mol. The molecule has 15 heavy (non-hydrogen) atoms. The highest BCUT2D eigenvalue weighted by atomic mass is 14.1. The minimum atomic E-state index is 0.925. The molecule has 1 aliphatic rings. The molecule has 0 heterocycles. The zero-order valence-electron chi connectivity index (χ0n) is 10.5. The first-order valence-corrected chi connectivity index (χ1v) is 7.10. The minimum absolute atomic E-state index is 0.925. The van der Waals surface area contributed by atoms with Crippen molar-refractivity contribution in [1.82, 2.24) is 0 Å². The zero-order chi connectivity index (χ0) is 10.8. The second-order valence-electron chi connectivity index (χ2n) is 5.03. The van der Waals surface area contributed by atoms with Gasteiger partial charge < -0.3 is 0 Å². The Morgan fingerprint density at radius 1 is 0.933 bits per heavy atom. The van der Waals surface area contributed by atoms with Gasteiger partial charge in [-0.05, 0) is 31.6 Å². The van der Waals surface area contributed by atoms with Gasteiger partial charge in [-0.25, -0.2) is 0 Å². The first-order chi connectivity index (χ1) is 7.43. The lowest BCUT2D eigenvalue weighted by atomic mass is 9.89. The molecule has 0 aromatic carbocycles. The van der Waals surface area contributed by atoms with Crippen LogP contribution in [-0.4, -0.2) is 0 Å². The number of unbranched alkanes of at least 4 members (excludes halogenated alkanes) is 5. The van der Waals surface area contributed by atoms with Gasteiger partial charge in [-0.1, -0.05) is 64.0 Å². The second kappa shape index (κ2) is 9.00. The molecular formula is C15H28. The van der Waals surface area contributed by atoms with Crippen LogP contribution in [0, 0.1) is 5.92 Å². The molecule has 0 heteroatoms. The molecule has 1 saturated carbocycles. The Bertz CT molecular complexity index is 151. The van der Waals surface area contributed by atoms with E-state index in [0.29, 0.717) is 0 Å². The fourth-order valence-corrected chi connectivity index (χ4v) is 2.48. The lowest BCUT2D eigenvalue weighted by Gasteiger charge is -2.17. The summed E-state index contributed by atoms with van der Waals surface area (Å²) in [6, 6.07) is 0. The van der Waals surface area contributed by atoms with Crippen molar-refractivity contribution in [2.45, 2.75) is 77.6 Å². The van der Waals surface area contributed by atoms with E-state index >= 15 is 0 Å². The summed E-state index contributed by atoms with van der Waals surface area (Å²) in [7, 11) is 0. The SMILES string of the molecule is CCCCCCC/C=C\C1CCCCC1. The van der Waals surface area contributed by atoms with E-state index in [-0.39, 0.29) is 0 Å². The Labute approximate surface area is 96.2 Å². The highest BCUT2D eigenvalue weighted by Gasteiger charge is 2.08. The Balaban J connectivity index is 1.91. The molecule has 0 aliphatic heterocycles. The maximum absolute atomic E-state index is 2.50. The van der Waals surface area contributed by atoms with Crippen molar-refractivity contribution in [1.29, 1.82) is 0 Å². The summed E-state index contributed by atoms with van der Waals surface area (Å²) in [5.41, 5.74) is 0. The number of rotatable bonds is 7. The summed E-state index contributed by atoms with van der Waals surface area (Å²) >= 11 is 0. The van der Waals surface area contributed by atoms with Crippen molar-refractivity contribution >= 4 is 0 Å². The molecule has 1 rings (SSSR count). The lowest BCUT2D eigenvalue weighted by molar-refractivity contribution is 0.418. The molecular weight excluding hydrogens is 180 g/mol. The van der Waals surface area contributed by atoms with Crippen LogP contribution in [0.5, 0.6) is 0 Å². The van der Waals surface area contributed by atoms with Crippen LogP contribution in [0.25, 0.3) is 0 Å². The monoisotopic (exact) mass is 208 g/mol. The van der Waals surface area contributed by atoms with E-state index in [2.05, 4.69) is 19.1 Å². The first-order valence-electron chi connectivity index (χ1n) is 7.10. The van der Waals surface area contributed by atoms with Gasteiger partial charge in [-0.3, -0.25) is 0 Å². The van der Waals surface area contributed by atoms with Crippen molar-refractivity contribution < 1.29 is 0 Å². The highest BCUT2D eigenvalue weighted by Crippen LogP contribution is 2.24. The third-order valence-electron chi connectivity index (χ3n) is 3.53. The molecule has 0 aromatic rings. The normalized spacial score (nSPS) is 18.7. The van der Waals surface area contributed by atoms with E-state index in [1.807, 2.05) is 0 Å². The predicted octanol–water partition coefficient (Wildman–Crippen LogP) is 5.48. The van der Waals surface area contributed by atoms with Crippen molar-refractivity contribution in [2.24, 2.45) is 5.92 Å². The van der Waals surface area contributed by atoms with Gasteiger partial charge in [0.25, 0.3) is 0 Å². The van der Waals surface area contributed by atoms with Crippen molar-refractivity contribution in [3.8, 4) is 0 Å². The Kier molecular flexibility index (Phi) is 7.69. The molecule has 1 aliphatic carbocycles. The van der Waals surface area contributed by atoms with E-state index < -0.39 is 0 Å². The third kappa shape index (κ3) is 6.76. The fourth-order valence-electron chi connectivity index (χ4n) is 2.48. The van der Waals surface area contributed by atoms with Crippen molar-refractivity contribution in [3.63, 3.8) is 0 Å². The molecule has 0 N–H and O–H groups in total. The second-order valence-corrected chi connectivity index (χ2v) is 5.03. The molecule has 88 valence electrons. The van der Waals surface area contributed by atoms with Gasteiger partial charge in [-0.2, -0.15) is 0 Å². The quantitative estimate of drug-likeness (QED) is 0.384. The molecule has 0 atom stereocenters. The maximum Gasteiger partial charge on any atom is -0.0234 e. The topological polar surface area (TPSA) is 0 Å². The van der Waals surface area contributed by atoms with Gasteiger partial charge in [0.05, 0.1) is 0 Å². The van der Waals surface area contributed by atoms with Crippen LogP contribution in [0.15, 0.2) is 12.2 Å². The van der Waals surface area contributed by atoms with E-state index in [4.69, 9.17) is 0 Å². The maximum atomic E-state index is 2.50. The van der Waals surface area contributed by atoms with Crippen LogP contribution in [0.3, 0.4) is 0 Å². The predicted molar refractivity (Wildman–Crippen MR) is 69.1 cm³/mol. The molecule has 0 radical (unpaired) electrons. The van der Waals surface area contributed by atoms with Crippen LogP contribution < -0.4 is 0 Å². The number of hydrogen-bond acceptors (Lipinski definition) is 0. The molecule has 0 spiro atoms. The summed E-state index contributed by atoms with van der Waals surface area (Å²) in [5.74, 6) is 0.925. The van der Waals surface area contributed by atoms with Crippen LogP contribution in [0.4, 0.5) is 0 Å². The lowest BCUT2D eigenvalue weighted by Crippen LogP contribution is -2.02. The van der Waals surface area contributed by atoms with E-state index in [1.54, 1.807) is 0 Å². The van der Waals surface area contributed by atoms with Crippen molar-refractivity contribution in [3.05, 3.63) is 12.2 Å². The van der Waals surface area contributed by atoms with Crippen LogP contribution in [-0.2, 0) is 0 Å². The number of allylic oxidation sites excluding steroid dienone is 2. The molecule has 0 saturated heterocycles. The Hall–Kier alpha value is -0.260. The molecule has 0 unspecified atom stereocenters. The summed E-state index contributed by atoms with van der Waals surface area (Å²) in [4.78, 5) is 0. The van der Waals surface area contributed by atoms with Gasteiger partial charge in [0, 0.05) is 0 Å². The molecule has 0 amide bonds. The summed E-state index contributed by atoms with van der Waals surface area (Å²) in [6.45, 7) is 2.28. The first kappa shape index (κ1) is 12.8. The van der Waals surface area contributed by atoms with Crippen LogP contribution in [0.1, 0.15) is 77.6 Å². The average Bonchev–Trinajstić information content (AvgIpc) is 2.29. The van der Waals surface area contributed by atoms with Crippen LogP contribution >= 0.6 is 0 Å². The molecule has 0 aromatic heterocycles. The van der Waals surface area contributed by atoms with E-state index in [0.717, 1.165) is 5.92 Å². The third-order valence-corrected chi connectivity index (χ3v) is 3.53. The molecule has 0 bridgehead atoms.